The second-order valence-electron chi connectivity index (χ2n) is 5.04. The Bertz CT molecular complexity index is 318. The topological polar surface area (TPSA) is 38.0 Å². The lowest BCUT2D eigenvalue weighted by Crippen LogP contribution is -2.30. The largest absolute Gasteiger partial charge is 0.385 e. The van der Waals surface area contributed by atoms with E-state index < -0.39 is 0 Å². The summed E-state index contributed by atoms with van der Waals surface area (Å²) >= 11 is 0. The van der Waals surface area contributed by atoms with Crippen molar-refractivity contribution in [3.8, 4) is 0 Å². The van der Waals surface area contributed by atoms with Crippen LogP contribution in [0, 0.1) is 12.8 Å². The summed E-state index contributed by atoms with van der Waals surface area (Å²) in [5, 5.41) is 3.51. The predicted octanol–water partition coefficient (Wildman–Crippen LogP) is 2.92. The van der Waals surface area contributed by atoms with Crippen LogP contribution in [0.3, 0.4) is 0 Å². The maximum Gasteiger partial charge on any atom is 0.0340 e. The van der Waals surface area contributed by atoms with Gasteiger partial charge in [0.05, 0.1) is 0 Å². The van der Waals surface area contributed by atoms with Gasteiger partial charge in [0.25, 0.3) is 0 Å². The molecule has 2 rings (SSSR count). The molecule has 16 heavy (non-hydrogen) atoms. The quantitative estimate of drug-likeness (QED) is 0.818. The molecule has 2 heteroatoms. The highest BCUT2D eigenvalue weighted by Gasteiger charge is 2.18. The minimum Gasteiger partial charge on any atom is -0.385 e. The Balaban J connectivity index is 1.80. The van der Waals surface area contributed by atoms with Crippen LogP contribution in [0.2, 0.25) is 0 Å². The standard InChI is InChI=1S/C14H22N2/c1-11-5-7-14(8-6-11)16-10-12-3-2-4-13(15)9-12/h5-8,12-13,16H,2-4,9-10,15H2,1H3. The van der Waals surface area contributed by atoms with Crippen LogP contribution >= 0.6 is 0 Å². The van der Waals surface area contributed by atoms with Gasteiger partial charge in [-0.05, 0) is 44.2 Å². The van der Waals surface area contributed by atoms with Gasteiger partial charge in [-0.25, -0.2) is 0 Å². The molecule has 2 nitrogen and oxygen atoms in total. The summed E-state index contributed by atoms with van der Waals surface area (Å²) in [5.74, 6) is 0.755. The van der Waals surface area contributed by atoms with Crippen molar-refractivity contribution in [2.75, 3.05) is 11.9 Å². The molecule has 2 atom stereocenters. The van der Waals surface area contributed by atoms with E-state index in [1.54, 1.807) is 0 Å². The van der Waals surface area contributed by atoms with E-state index in [1.807, 2.05) is 0 Å². The molecule has 0 radical (unpaired) electrons. The Morgan fingerprint density at radius 2 is 2.00 bits per heavy atom. The zero-order valence-electron chi connectivity index (χ0n) is 10.1. The second kappa shape index (κ2) is 5.35. The number of anilines is 1. The molecule has 0 amide bonds. The third-order valence-electron chi connectivity index (χ3n) is 3.47. The highest BCUT2D eigenvalue weighted by molar-refractivity contribution is 5.44. The summed E-state index contributed by atoms with van der Waals surface area (Å²) in [6.07, 6.45) is 5.01. The SMILES string of the molecule is Cc1ccc(NCC2CCCC(N)C2)cc1. The second-order valence-corrected chi connectivity index (χ2v) is 5.04. The Morgan fingerprint density at radius 1 is 1.25 bits per heavy atom. The fraction of sp³-hybridized carbons (Fsp3) is 0.571. The highest BCUT2D eigenvalue weighted by Crippen LogP contribution is 2.23. The summed E-state index contributed by atoms with van der Waals surface area (Å²) in [6, 6.07) is 9.03. The van der Waals surface area contributed by atoms with Gasteiger partial charge in [0.15, 0.2) is 0 Å². The van der Waals surface area contributed by atoms with E-state index in [4.69, 9.17) is 5.73 Å². The van der Waals surface area contributed by atoms with E-state index in [2.05, 4.69) is 36.5 Å². The molecule has 0 spiro atoms. The Morgan fingerprint density at radius 3 is 2.69 bits per heavy atom. The van der Waals surface area contributed by atoms with Gasteiger partial charge in [-0.2, -0.15) is 0 Å². The van der Waals surface area contributed by atoms with Crippen molar-refractivity contribution in [3.63, 3.8) is 0 Å². The molecule has 1 fully saturated rings. The third kappa shape index (κ3) is 3.24. The number of nitrogens with two attached hydrogens (primary N) is 1. The molecule has 2 unspecified atom stereocenters. The summed E-state index contributed by atoms with van der Waals surface area (Å²) in [7, 11) is 0. The van der Waals surface area contributed by atoms with Crippen LogP contribution in [-0.2, 0) is 0 Å². The van der Waals surface area contributed by atoms with Crippen LogP contribution in [0.25, 0.3) is 0 Å². The van der Waals surface area contributed by atoms with Crippen molar-refractivity contribution >= 4 is 5.69 Å². The molecule has 0 saturated heterocycles. The van der Waals surface area contributed by atoms with Crippen molar-refractivity contribution in [1.82, 2.24) is 0 Å². The number of nitrogens with one attached hydrogen (secondary N) is 1. The number of hydrogen-bond donors (Lipinski definition) is 2. The number of aryl methyl sites for hydroxylation is 1. The van der Waals surface area contributed by atoms with Gasteiger partial charge in [0, 0.05) is 18.3 Å². The van der Waals surface area contributed by atoms with Crippen molar-refractivity contribution in [2.45, 2.75) is 38.6 Å². The molecule has 3 N–H and O–H groups in total. The lowest BCUT2D eigenvalue weighted by molar-refractivity contribution is 0.335. The van der Waals surface area contributed by atoms with Gasteiger partial charge in [0.1, 0.15) is 0 Å². The summed E-state index contributed by atoms with van der Waals surface area (Å²) in [4.78, 5) is 0. The molecule has 1 aliphatic rings. The summed E-state index contributed by atoms with van der Waals surface area (Å²) < 4.78 is 0. The molecule has 0 aliphatic heterocycles. The van der Waals surface area contributed by atoms with E-state index >= 15 is 0 Å². The first kappa shape index (κ1) is 11.5. The molecular formula is C14H22N2. The van der Waals surface area contributed by atoms with E-state index in [0.29, 0.717) is 6.04 Å². The minimum absolute atomic E-state index is 0.429. The first-order valence-corrected chi connectivity index (χ1v) is 6.30. The monoisotopic (exact) mass is 218 g/mol. The maximum absolute atomic E-state index is 5.99. The zero-order valence-corrected chi connectivity index (χ0v) is 10.1. The normalized spacial score (nSPS) is 25.4. The molecule has 1 aromatic rings. The Labute approximate surface area is 98.2 Å². The van der Waals surface area contributed by atoms with E-state index in [9.17, 15) is 0 Å². The highest BCUT2D eigenvalue weighted by atomic mass is 14.9. The number of rotatable bonds is 3. The van der Waals surface area contributed by atoms with Gasteiger partial charge in [0.2, 0.25) is 0 Å². The lowest BCUT2D eigenvalue weighted by Gasteiger charge is -2.27. The van der Waals surface area contributed by atoms with Crippen molar-refractivity contribution in [3.05, 3.63) is 29.8 Å². The Hall–Kier alpha value is -1.02. The van der Waals surface area contributed by atoms with Gasteiger partial charge < -0.3 is 11.1 Å². The fourth-order valence-electron chi connectivity index (χ4n) is 2.45. The summed E-state index contributed by atoms with van der Waals surface area (Å²) in [6.45, 7) is 3.18. The molecule has 0 aromatic heterocycles. The predicted molar refractivity (Wildman–Crippen MR) is 69.6 cm³/mol. The number of benzene rings is 1. The van der Waals surface area contributed by atoms with E-state index in [-0.39, 0.29) is 0 Å². The van der Waals surface area contributed by atoms with Gasteiger partial charge in [-0.1, -0.05) is 24.1 Å². The maximum atomic E-state index is 5.99. The first-order chi connectivity index (χ1) is 7.74. The van der Waals surface area contributed by atoms with Crippen LogP contribution in [0.4, 0.5) is 5.69 Å². The van der Waals surface area contributed by atoms with Gasteiger partial charge in [-0.3, -0.25) is 0 Å². The molecule has 1 aliphatic carbocycles. The van der Waals surface area contributed by atoms with Crippen LogP contribution in [0.15, 0.2) is 24.3 Å². The Kier molecular flexibility index (Phi) is 3.83. The van der Waals surface area contributed by atoms with E-state index in [1.165, 1.54) is 36.9 Å². The van der Waals surface area contributed by atoms with Gasteiger partial charge in [-0.15, -0.1) is 0 Å². The third-order valence-corrected chi connectivity index (χ3v) is 3.47. The van der Waals surface area contributed by atoms with Crippen molar-refractivity contribution in [2.24, 2.45) is 11.7 Å². The molecule has 88 valence electrons. The molecule has 0 heterocycles. The van der Waals surface area contributed by atoms with Crippen LogP contribution in [-0.4, -0.2) is 12.6 Å². The van der Waals surface area contributed by atoms with Crippen LogP contribution < -0.4 is 11.1 Å². The summed E-state index contributed by atoms with van der Waals surface area (Å²) in [5.41, 5.74) is 8.52. The fourth-order valence-corrected chi connectivity index (χ4v) is 2.45. The van der Waals surface area contributed by atoms with Crippen LogP contribution in [0.5, 0.6) is 0 Å². The van der Waals surface area contributed by atoms with Crippen LogP contribution in [0.1, 0.15) is 31.2 Å². The molecule has 1 aromatic carbocycles. The van der Waals surface area contributed by atoms with E-state index in [0.717, 1.165) is 12.5 Å². The lowest BCUT2D eigenvalue weighted by atomic mass is 9.86. The average Bonchev–Trinajstić information content (AvgIpc) is 2.28. The molecule has 1 saturated carbocycles. The van der Waals surface area contributed by atoms with Crippen molar-refractivity contribution in [1.29, 1.82) is 0 Å². The smallest absolute Gasteiger partial charge is 0.0340 e. The minimum atomic E-state index is 0.429. The molecule has 0 bridgehead atoms. The number of hydrogen-bond acceptors (Lipinski definition) is 2. The first-order valence-electron chi connectivity index (χ1n) is 6.30. The zero-order chi connectivity index (χ0) is 11.4. The average molecular weight is 218 g/mol. The van der Waals surface area contributed by atoms with Gasteiger partial charge >= 0.3 is 0 Å². The molecular weight excluding hydrogens is 196 g/mol. The van der Waals surface area contributed by atoms with Crippen molar-refractivity contribution < 1.29 is 0 Å².